The Hall–Kier alpha value is -1.33. The van der Waals surface area contributed by atoms with Gasteiger partial charge in [-0.05, 0) is 30.7 Å². The van der Waals surface area contributed by atoms with Gasteiger partial charge in [0, 0.05) is 13.1 Å². The summed E-state index contributed by atoms with van der Waals surface area (Å²) >= 11 is 0. The third kappa shape index (κ3) is 4.08. The minimum Gasteiger partial charge on any atom is -0.494 e. The highest BCUT2D eigenvalue weighted by Crippen LogP contribution is 2.17. The van der Waals surface area contributed by atoms with E-state index in [2.05, 4.69) is 10.6 Å². The number of benzene rings is 1. The molecular weight excluding hydrogens is 271 g/mol. The van der Waals surface area contributed by atoms with Crippen molar-refractivity contribution < 1.29 is 13.9 Å². The molecule has 0 radical (unpaired) electrons. The van der Waals surface area contributed by atoms with Crippen LogP contribution in [0, 0.1) is 11.7 Å². The normalized spacial score (nSPS) is 17.7. The van der Waals surface area contributed by atoms with Gasteiger partial charge in [-0.1, -0.05) is 6.07 Å². The van der Waals surface area contributed by atoms with E-state index in [-0.39, 0.29) is 30.0 Å². The monoisotopic (exact) mass is 288 g/mol. The fraction of sp³-hybridized carbons (Fsp3) is 0.462. The number of amides is 1. The van der Waals surface area contributed by atoms with Gasteiger partial charge in [0.1, 0.15) is 0 Å². The standard InChI is InChI=1S/C13H17FN2O2.ClH/c1-18-12-3-2-9(6-11(12)14)7-16-13(17)10-4-5-15-8-10;/h2-3,6,10,15H,4-5,7-8H2,1H3,(H,16,17);1H. The lowest BCUT2D eigenvalue weighted by molar-refractivity contribution is -0.124. The van der Waals surface area contributed by atoms with Crippen molar-refractivity contribution in [1.82, 2.24) is 10.6 Å². The summed E-state index contributed by atoms with van der Waals surface area (Å²) < 4.78 is 18.3. The van der Waals surface area contributed by atoms with Crippen LogP contribution >= 0.6 is 12.4 Å². The number of halogens is 2. The minimum absolute atomic E-state index is 0. The summed E-state index contributed by atoms with van der Waals surface area (Å²) in [7, 11) is 1.42. The van der Waals surface area contributed by atoms with Crippen LogP contribution in [-0.2, 0) is 11.3 Å². The van der Waals surface area contributed by atoms with Crippen molar-refractivity contribution in [3.8, 4) is 5.75 Å². The molecule has 1 unspecified atom stereocenters. The van der Waals surface area contributed by atoms with E-state index in [0.29, 0.717) is 6.54 Å². The highest BCUT2D eigenvalue weighted by Gasteiger charge is 2.21. The van der Waals surface area contributed by atoms with E-state index in [1.807, 2.05) is 0 Å². The molecule has 1 saturated heterocycles. The summed E-state index contributed by atoms with van der Waals surface area (Å²) in [6.07, 6.45) is 0.864. The molecule has 0 aromatic heterocycles. The molecule has 4 nitrogen and oxygen atoms in total. The molecule has 1 aromatic rings. The van der Waals surface area contributed by atoms with Gasteiger partial charge in [-0.3, -0.25) is 4.79 Å². The van der Waals surface area contributed by atoms with Gasteiger partial charge in [0.2, 0.25) is 5.91 Å². The number of hydrogen-bond acceptors (Lipinski definition) is 3. The summed E-state index contributed by atoms with van der Waals surface area (Å²) in [6, 6.07) is 4.69. The topological polar surface area (TPSA) is 50.4 Å². The zero-order chi connectivity index (χ0) is 13.0. The lowest BCUT2D eigenvalue weighted by Crippen LogP contribution is -2.31. The van der Waals surface area contributed by atoms with Crippen molar-refractivity contribution in [3.63, 3.8) is 0 Å². The number of carbonyl (C=O) groups is 1. The highest BCUT2D eigenvalue weighted by atomic mass is 35.5. The van der Waals surface area contributed by atoms with E-state index in [0.717, 1.165) is 25.1 Å². The lowest BCUT2D eigenvalue weighted by Gasteiger charge is -2.10. The summed E-state index contributed by atoms with van der Waals surface area (Å²) in [5.74, 6) is -0.138. The van der Waals surface area contributed by atoms with E-state index < -0.39 is 5.82 Å². The molecule has 1 atom stereocenters. The molecule has 2 rings (SSSR count). The van der Waals surface area contributed by atoms with Gasteiger partial charge in [-0.2, -0.15) is 0 Å². The molecule has 1 aliphatic heterocycles. The van der Waals surface area contributed by atoms with Gasteiger partial charge in [0.15, 0.2) is 11.6 Å². The number of ether oxygens (including phenoxy) is 1. The van der Waals surface area contributed by atoms with Gasteiger partial charge >= 0.3 is 0 Å². The molecule has 1 heterocycles. The molecule has 19 heavy (non-hydrogen) atoms. The zero-order valence-electron chi connectivity index (χ0n) is 10.7. The summed E-state index contributed by atoms with van der Waals surface area (Å²) in [6.45, 7) is 1.95. The fourth-order valence-corrected chi connectivity index (χ4v) is 2.03. The average Bonchev–Trinajstić information content (AvgIpc) is 2.90. The maximum atomic E-state index is 13.4. The molecule has 1 amide bonds. The molecule has 0 spiro atoms. The third-order valence-electron chi connectivity index (χ3n) is 3.11. The highest BCUT2D eigenvalue weighted by molar-refractivity contribution is 5.85. The van der Waals surface area contributed by atoms with Gasteiger partial charge in [0.05, 0.1) is 13.0 Å². The van der Waals surface area contributed by atoms with E-state index in [9.17, 15) is 9.18 Å². The quantitative estimate of drug-likeness (QED) is 0.882. The fourth-order valence-electron chi connectivity index (χ4n) is 2.03. The maximum absolute atomic E-state index is 13.4. The van der Waals surface area contributed by atoms with Crippen molar-refractivity contribution >= 4 is 18.3 Å². The molecule has 0 saturated carbocycles. The zero-order valence-corrected chi connectivity index (χ0v) is 11.6. The molecule has 1 aliphatic rings. The van der Waals surface area contributed by atoms with Crippen LogP contribution in [0.3, 0.4) is 0 Å². The average molecular weight is 289 g/mol. The number of methoxy groups -OCH3 is 1. The van der Waals surface area contributed by atoms with Crippen molar-refractivity contribution in [3.05, 3.63) is 29.6 Å². The van der Waals surface area contributed by atoms with Crippen LogP contribution < -0.4 is 15.4 Å². The third-order valence-corrected chi connectivity index (χ3v) is 3.11. The second-order valence-corrected chi connectivity index (χ2v) is 4.38. The van der Waals surface area contributed by atoms with Crippen LogP contribution in [0.1, 0.15) is 12.0 Å². The van der Waals surface area contributed by atoms with Crippen molar-refractivity contribution in [1.29, 1.82) is 0 Å². The van der Waals surface area contributed by atoms with Crippen molar-refractivity contribution in [2.24, 2.45) is 5.92 Å². The number of rotatable bonds is 4. The first-order valence-corrected chi connectivity index (χ1v) is 6.01. The molecule has 1 aromatic carbocycles. The SMILES string of the molecule is COc1ccc(CNC(=O)C2CCNC2)cc1F.Cl. The van der Waals surface area contributed by atoms with Gasteiger partial charge < -0.3 is 15.4 Å². The molecule has 1 fully saturated rings. The van der Waals surface area contributed by atoms with E-state index in [1.54, 1.807) is 12.1 Å². The molecule has 106 valence electrons. The van der Waals surface area contributed by atoms with Crippen LogP contribution in [0.25, 0.3) is 0 Å². The van der Waals surface area contributed by atoms with Crippen molar-refractivity contribution in [2.45, 2.75) is 13.0 Å². The van der Waals surface area contributed by atoms with Gasteiger partial charge in [0.25, 0.3) is 0 Å². The largest absolute Gasteiger partial charge is 0.494 e. The second kappa shape index (κ2) is 7.31. The van der Waals surface area contributed by atoms with Gasteiger partial charge in [-0.15, -0.1) is 12.4 Å². The van der Waals surface area contributed by atoms with Crippen molar-refractivity contribution in [2.75, 3.05) is 20.2 Å². The summed E-state index contributed by atoms with van der Waals surface area (Å²) in [5, 5.41) is 5.96. The van der Waals surface area contributed by atoms with Crippen LogP contribution in [-0.4, -0.2) is 26.1 Å². The number of hydrogen-bond donors (Lipinski definition) is 2. The Bertz CT molecular complexity index is 437. The summed E-state index contributed by atoms with van der Waals surface area (Å²) in [4.78, 5) is 11.8. The Labute approximate surface area is 118 Å². The first-order chi connectivity index (χ1) is 8.70. The van der Waals surface area contributed by atoms with Crippen LogP contribution in [0.4, 0.5) is 4.39 Å². The molecule has 6 heteroatoms. The Morgan fingerprint density at radius 3 is 2.95 bits per heavy atom. The van der Waals surface area contributed by atoms with E-state index >= 15 is 0 Å². The number of carbonyl (C=O) groups excluding carboxylic acids is 1. The molecular formula is C13H18ClFN2O2. The number of nitrogens with one attached hydrogen (secondary N) is 2. The summed E-state index contributed by atoms with van der Waals surface area (Å²) in [5.41, 5.74) is 0.729. The Morgan fingerprint density at radius 1 is 1.58 bits per heavy atom. The van der Waals surface area contributed by atoms with E-state index in [4.69, 9.17) is 4.74 Å². The van der Waals surface area contributed by atoms with E-state index in [1.165, 1.54) is 13.2 Å². The Kier molecular flexibility index (Phi) is 6.05. The van der Waals surface area contributed by atoms with Crippen LogP contribution in [0.2, 0.25) is 0 Å². The second-order valence-electron chi connectivity index (χ2n) is 4.38. The Morgan fingerprint density at radius 2 is 2.37 bits per heavy atom. The van der Waals surface area contributed by atoms with Crippen LogP contribution in [0.15, 0.2) is 18.2 Å². The van der Waals surface area contributed by atoms with Gasteiger partial charge in [-0.25, -0.2) is 4.39 Å². The minimum atomic E-state index is -0.410. The maximum Gasteiger partial charge on any atom is 0.224 e. The molecule has 2 N–H and O–H groups in total. The molecule has 0 bridgehead atoms. The Balaban J connectivity index is 0.00000180. The predicted octanol–water partition coefficient (Wildman–Crippen LogP) is 1.48. The predicted molar refractivity (Wildman–Crippen MR) is 73.0 cm³/mol. The smallest absolute Gasteiger partial charge is 0.224 e. The first-order valence-electron chi connectivity index (χ1n) is 6.01. The molecule has 0 aliphatic carbocycles. The van der Waals surface area contributed by atoms with Crippen LogP contribution in [0.5, 0.6) is 5.75 Å². The lowest BCUT2D eigenvalue weighted by atomic mass is 10.1. The first kappa shape index (κ1) is 15.7.